The van der Waals surface area contributed by atoms with Crippen LogP contribution >= 0.6 is 11.6 Å². The largest absolute Gasteiger partial charge is 0.494 e. The standard InChI is InChI=1S/C44H57ClN10O5S/c1-53(61(3,58)59)39-7-5-4-6-37(39)49-42-36(45)29-48-44(52-42)50-38-14-12-34(28-40(38)60-2)55-26-19-32(20-27-55)47-23-22-46-21-16-30-17-24-54(25-18-30)33-10-8-31(9-11-33)35-13-15-41(56)51-43(35)57/h4-12,14,28-30,32,35,46-47H,13,15-27H2,1-3H3,(H,51,56,57)(H2,48,49,50,52). The third-order valence-electron chi connectivity index (χ3n) is 12.0. The van der Waals surface area contributed by atoms with Crippen molar-refractivity contribution in [2.75, 3.05) is 91.0 Å². The van der Waals surface area contributed by atoms with E-state index in [4.69, 9.17) is 16.3 Å². The molecule has 4 heterocycles. The van der Waals surface area contributed by atoms with Crippen LogP contribution in [0.4, 0.5) is 40.2 Å². The number of halogens is 1. The van der Waals surface area contributed by atoms with Gasteiger partial charge in [-0.25, -0.2) is 13.4 Å². The smallest absolute Gasteiger partial charge is 0.234 e. The number of sulfonamides is 1. The molecular formula is C44H57ClN10O5S. The fourth-order valence-corrected chi connectivity index (χ4v) is 8.98. The van der Waals surface area contributed by atoms with Crippen molar-refractivity contribution < 1.29 is 22.7 Å². The maximum Gasteiger partial charge on any atom is 0.234 e. The summed E-state index contributed by atoms with van der Waals surface area (Å²) in [5.74, 6) is 1.39. The molecule has 1 unspecified atom stereocenters. The van der Waals surface area contributed by atoms with Gasteiger partial charge in [0.25, 0.3) is 0 Å². The van der Waals surface area contributed by atoms with Gasteiger partial charge < -0.3 is 35.8 Å². The van der Waals surface area contributed by atoms with E-state index in [1.807, 2.05) is 24.3 Å². The fourth-order valence-electron chi connectivity index (χ4n) is 8.32. The molecule has 2 amide bonds. The molecule has 15 nitrogen and oxygen atoms in total. The summed E-state index contributed by atoms with van der Waals surface area (Å²) in [7, 11) is -0.363. The lowest BCUT2D eigenvalue weighted by Gasteiger charge is -2.34. The van der Waals surface area contributed by atoms with Crippen LogP contribution in [0.2, 0.25) is 5.02 Å². The molecule has 3 aromatic carbocycles. The first-order valence-corrected chi connectivity index (χ1v) is 23.3. The van der Waals surface area contributed by atoms with Gasteiger partial charge in [0.05, 0.1) is 42.5 Å². The predicted molar refractivity (Wildman–Crippen MR) is 244 cm³/mol. The lowest BCUT2D eigenvalue weighted by atomic mass is 9.90. The summed E-state index contributed by atoms with van der Waals surface area (Å²) in [4.78, 5) is 37.5. The quantitative estimate of drug-likeness (QED) is 0.0619. The van der Waals surface area contributed by atoms with Crippen LogP contribution in [-0.4, -0.2) is 102 Å². The Labute approximate surface area is 364 Å². The highest BCUT2D eigenvalue weighted by Crippen LogP contribution is 2.35. The normalized spacial score (nSPS) is 17.9. The van der Waals surface area contributed by atoms with Gasteiger partial charge in [0.2, 0.25) is 27.8 Å². The number of aromatic nitrogens is 2. The van der Waals surface area contributed by atoms with Crippen molar-refractivity contribution in [2.24, 2.45) is 5.92 Å². The Morgan fingerprint density at radius 3 is 2.30 bits per heavy atom. The fraction of sp³-hybridized carbons (Fsp3) is 0.455. The average Bonchev–Trinajstić information content (AvgIpc) is 3.26. The molecule has 1 aromatic heterocycles. The van der Waals surface area contributed by atoms with Crippen LogP contribution in [0.5, 0.6) is 5.75 Å². The van der Waals surface area contributed by atoms with E-state index in [0.717, 1.165) is 82.1 Å². The molecule has 3 fully saturated rings. The zero-order chi connectivity index (χ0) is 42.9. The SMILES string of the molecule is COc1cc(N2CCC(NCCNCCC3CCN(c4ccc(C5CCC(=O)NC5=O)cc4)CC3)CC2)ccc1Nc1ncc(Cl)c(Nc2ccccc2N(C)S(C)(=O)=O)n1. The number of amides is 2. The number of ether oxygens (including phenoxy) is 1. The second kappa shape index (κ2) is 20.1. The van der Waals surface area contributed by atoms with Crippen LogP contribution < -0.4 is 45.4 Å². The topological polar surface area (TPSA) is 173 Å². The van der Waals surface area contributed by atoms with E-state index < -0.39 is 10.0 Å². The summed E-state index contributed by atoms with van der Waals surface area (Å²) in [6.45, 7) is 6.89. The number of benzene rings is 3. The Kier molecular flexibility index (Phi) is 14.5. The molecule has 3 aliphatic rings. The number of nitrogens with one attached hydrogen (secondary N) is 5. The zero-order valence-electron chi connectivity index (χ0n) is 35.1. The van der Waals surface area contributed by atoms with Gasteiger partial charge in [-0.1, -0.05) is 35.9 Å². The van der Waals surface area contributed by atoms with Gasteiger partial charge >= 0.3 is 0 Å². The minimum absolute atomic E-state index is 0.179. The molecule has 0 spiro atoms. The minimum atomic E-state index is -3.49. The monoisotopic (exact) mass is 872 g/mol. The Hall–Kier alpha value is -5.16. The third-order valence-corrected chi connectivity index (χ3v) is 13.5. The highest BCUT2D eigenvalue weighted by Gasteiger charge is 2.28. The Balaban J connectivity index is 0.802. The molecule has 0 aliphatic carbocycles. The van der Waals surface area contributed by atoms with E-state index in [-0.39, 0.29) is 22.8 Å². The van der Waals surface area contributed by atoms with Crippen molar-refractivity contribution in [3.63, 3.8) is 0 Å². The number of hydrogen-bond donors (Lipinski definition) is 5. The van der Waals surface area contributed by atoms with Crippen LogP contribution in [0.1, 0.15) is 56.4 Å². The summed E-state index contributed by atoms with van der Waals surface area (Å²) in [5.41, 5.74) is 4.94. The van der Waals surface area contributed by atoms with E-state index in [1.54, 1.807) is 31.4 Å². The lowest BCUT2D eigenvalue weighted by Crippen LogP contribution is -2.44. The molecule has 0 radical (unpaired) electrons. The molecule has 4 aromatic rings. The van der Waals surface area contributed by atoms with E-state index >= 15 is 0 Å². The van der Waals surface area contributed by atoms with E-state index in [2.05, 4.69) is 64.6 Å². The van der Waals surface area contributed by atoms with Crippen LogP contribution in [0.15, 0.2) is 72.9 Å². The van der Waals surface area contributed by atoms with E-state index in [9.17, 15) is 18.0 Å². The molecule has 3 aliphatic heterocycles. The summed E-state index contributed by atoms with van der Waals surface area (Å²) < 4.78 is 31.5. The van der Waals surface area contributed by atoms with Crippen LogP contribution in [0.25, 0.3) is 0 Å². The molecular weight excluding hydrogens is 816 g/mol. The highest BCUT2D eigenvalue weighted by molar-refractivity contribution is 7.92. The van der Waals surface area contributed by atoms with Gasteiger partial charge in [0, 0.05) is 76.2 Å². The molecule has 17 heteroatoms. The van der Waals surface area contributed by atoms with Gasteiger partial charge in [0.1, 0.15) is 10.8 Å². The van der Waals surface area contributed by atoms with Crippen molar-refractivity contribution in [2.45, 2.75) is 56.9 Å². The van der Waals surface area contributed by atoms with Crippen molar-refractivity contribution >= 4 is 73.6 Å². The number of carbonyl (C=O) groups excluding carboxylic acids is 2. The van der Waals surface area contributed by atoms with Crippen molar-refractivity contribution in [1.29, 1.82) is 0 Å². The number of piperidine rings is 3. The molecule has 0 bridgehead atoms. The number of rotatable bonds is 17. The summed E-state index contributed by atoms with van der Waals surface area (Å²) in [5, 5.41) is 16.6. The minimum Gasteiger partial charge on any atom is -0.494 e. The molecule has 326 valence electrons. The van der Waals surface area contributed by atoms with Crippen LogP contribution in [0, 0.1) is 5.92 Å². The van der Waals surface area contributed by atoms with Gasteiger partial charge in [-0.3, -0.25) is 19.2 Å². The molecule has 1 atom stereocenters. The lowest BCUT2D eigenvalue weighted by molar-refractivity contribution is -0.134. The third kappa shape index (κ3) is 11.4. The van der Waals surface area contributed by atoms with Gasteiger partial charge in [-0.15, -0.1) is 0 Å². The summed E-state index contributed by atoms with van der Waals surface area (Å²) in [6.07, 6.45) is 9.26. The number of anilines is 7. The summed E-state index contributed by atoms with van der Waals surface area (Å²) in [6, 6.07) is 21.9. The van der Waals surface area contributed by atoms with Crippen LogP contribution in [-0.2, 0) is 19.6 Å². The second-order valence-electron chi connectivity index (χ2n) is 16.1. The highest BCUT2D eigenvalue weighted by atomic mass is 35.5. The Bertz CT molecular complexity index is 2250. The maximum absolute atomic E-state index is 12.3. The Morgan fingerprint density at radius 1 is 0.869 bits per heavy atom. The van der Waals surface area contributed by atoms with Crippen molar-refractivity contribution in [3.05, 3.63) is 83.5 Å². The van der Waals surface area contributed by atoms with E-state index in [1.165, 1.54) is 42.5 Å². The molecule has 0 saturated carbocycles. The maximum atomic E-state index is 12.3. The average molecular weight is 874 g/mol. The Morgan fingerprint density at radius 2 is 1.57 bits per heavy atom. The first kappa shape index (κ1) is 43.9. The molecule has 5 N–H and O–H groups in total. The van der Waals surface area contributed by atoms with E-state index in [0.29, 0.717) is 53.5 Å². The number of imide groups is 1. The first-order valence-electron chi connectivity index (χ1n) is 21.1. The zero-order valence-corrected chi connectivity index (χ0v) is 36.7. The number of nitrogens with zero attached hydrogens (tertiary/aromatic N) is 5. The van der Waals surface area contributed by atoms with Gasteiger partial charge in [-0.2, -0.15) is 4.98 Å². The number of hydrogen-bond acceptors (Lipinski definition) is 13. The second-order valence-corrected chi connectivity index (χ2v) is 18.5. The number of methoxy groups -OCH3 is 1. The predicted octanol–water partition coefficient (Wildman–Crippen LogP) is 6.00. The van der Waals surface area contributed by atoms with Gasteiger partial charge in [0.15, 0.2) is 5.82 Å². The van der Waals surface area contributed by atoms with Crippen molar-refractivity contribution in [1.82, 2.24) is 25.9 Å². The summed E-state index contributed by atoms with van der Waals surface area (Å²) >= 11 is 6.46. The van der Waals surface area contributed by atoms with Crippen LogP contribution in [0.3, 0.4) is 0 Å². The first-order chi connectivity index (χ1) is 29.4. The molecule has 7 rings (SSSR count). The molecule has 3 saturated heterocycles. The molecule has 61 heavy (non-hydrogen) atoms. The number of carbonyl (C=O) groups is 2. The van der Waals surface area contributed by atoms with Crippen molar-refractivity contribution in [3.8, 4) is 5.75 Å². The number of para-hydroxylation sites is 2. The van der Waals surface area contributed by atoms with Gasteiger partial charge in [-0.05, 0) is 92.9 Å².